The second-order valence-electron chi connectivity index (χ2n) is 8.22. The normalized spacial score (nSPS) is 15.1. The van der Waals surface area contributed by atoms with E-state index in [1.807, 2.05) is 48.5 Å². The Kier molecular flexibility index (Phi) is 8.04. The summed E-state index contributed by atoms with van der Waals surface area (Å²) in [6.45, 7) is 4.37. The summed E-state index contributed by atoms with van der Waals surface area (Å²) >= 11 is 1.43. The molecular formula is C29H20N4O4S. The zero-order valence-electron chi connectivity index (χ0n) is 20.6. The number of fused-ring (bicyclic) bond motifs is 2. The van der Waals surface area contributed by atoms with Gasteiger partial charge in [0.1, 0.15) is 83.2 Å². The quantitative estimate of drug-likeness (QED) is 0.295. The van der Waals surface area contributed by atoms with Gasteiger partial charge in [0.15, 0.2) is 0 Å². The topological polar surface area (TPSA) is 140 Å². The van der Waals surface area contributed by atoms with E-state index in [2.05, 4.69) is 0 Å². The van der Waals surface area contributed by atoms with Gasteiger partial charge in [-0.2, -0.15) is 21.0 Å². The molecule has 0 radical (unpaired) electrons. The van der Waals surface area contributed by atoms with Gasteiger partial charge >= 0.3 is 0 Å². The van der Waals surface area contributed by atoms with Crippen molar-refractivity contribution in [1.82, 2.24) is 0 Å². The monoisotopic (exact) mass is 520 g/mol. The number of thioether (sulfide) groups is 1. The summed E-state index contributed by atoms with van der Waals surface area (Å²) < 4.78 is 24.1. The summed E-state index contributed by atoms with van der Waals surface area (Å²) in [4.78, 5) is 1.61. The molecule has 0 N–H and O–H groups in total. The lowest BCUT2D eigenvalue weighted by Gasteiger charge is -2.19. The zero-order valence-corrected chi connectivity index (χ0v) is 21.4. The molecule has 0 atom stereocenters. The van der Waals surface area contributed by atoms with Gasteiger partial charge in [-0.1, -0.05) is 11.8 Å². The number of allylic oxidation sites excluding steroid dienone is 6. The van der Waals surface area contributed by atoms with Crippen molar-refractivity contribution >= 4 is 33.7 Å². The number of nitriles is 4. The maximum Gasteiger partial charge on any atom is 0.144 e. The van der Waals surface area contributed by atoms with Crippen molar-refractivity contribution in [2.75, 3.05) is 13.2 Å². The summed E-state index contributed by atoms with van der Waals surface area (Å²) in [5.41, 5.74) is 1.44. The molecule has 2 bridgehead atoms. The molecule has 9 heteroatoms. The predicted octanol–water partition coefficient (Wildman–Crippen LogP) is 6.85. The Balaban J connectivity index is 1.63. The Hall–Kier alpha value is -5.09. The molecule has 1 fully saturated rings. The minimum atomic E-state index is 0.0157. The van der Waals surface area contributed by atoms with Crippen molar-refractivity contribution in [3.05, 3.63) is 93.3 Å². The molecule has 2 aliphatic rings. The van der Waals surface area contributed by atoms with Crippen LogP contribution in [-0.2, 0) is 9.47 Å². The molecule has 0 amide bonds. The van der Waals surface area contributed by atoms with Crippen LogP contribution in [0.15, 0.2) is 79.1 Å². The van der Waals surface area contributed by atoms with Crippen LogP contribution >= 0.6 is 11.8 Å². The van der Waals surface area contributed by atoms with E-state index in [-0.39, 0.29) is 11.1 Å². The zero-order chi connectivity index (χ0) is 27.1. The molecule has 0 saturated carbocycles. The fourth-order valence-corrected chi connectivity index (χ4v) is 4.85. The van der Waals surface area contributed by atoms with Crippen LogP contribution in [0.3, 0.4) is 0 Å². The van der Waals surface area contributed by atoms with E-state index in [9.17, 15) is 0 Å². The average molecular weight is 521 g/mol. The summed E-state index contributed by atoms with van der Waals surface area (Å²) in [5, 5.41) is 35.9. The van der Waals surface area contributed by atoms with Crippen molar-refractivity contribution in [3.8, 4) is 24.3 Å². The number of furan rings is 2. The molecule has 2 aliphatic heterocycles. The van der Waals surface area contributed by atoms with E-state index in [0.717, 1.165) is 21.3 Å². The molecule has 4 heterocycles. The lowest BCUT2D eigenvalue weighted by atomic mass is 10.2. The van der Waals surface area contributed by atoms with Crippen LogP contribution in [0, 0.1) is 45.3 Å². The number of nitrogens with zero attached hydrogens (tertiary/aromatic N) is 4. The molecule has 1 saturated heterocycles. The molecule has 38 heavy (non-hydrogen) atoms. The van der Waals surface area contributed by atoms with Gasteiger partial charge in [-0.3, -0.25) is 0 Å². The van der Waals surface area contributed by atoms with Gasteiger partial charge in [-0.15, -0.1) is 0 Å². The van der Waals surface area contributed by atoms with E-state index in [4.69, 9.17) is 39.4 Å². The molecule has 2 aromatic heterocycles. The SMILES string of the molecule is C/C(C=C(C#N)C#N)=C\c1ccc(C2=C3CC(=C(c4ccc(/C=C(\C)C=C(C#N)C#N)o4)S2)OCCO3)o1. The van der Waals surface area contributed by atoms with Crippen LogP contribution in [0.2, 0.25) is 0 Å². The van der Waals surface area contributed by atoms with E-state index in [1.165, 1.54) is 23.9 Å². The number of rotatable bonds is 6. The largest absolute Gasteiger partial charge is 0.493 e. The van der Waals surface area contributed by atoms with Crippen LogP contribution < -0.4 is 0 Å². The summed E-state index contributed by atoms with van der Waals surface area (Å²) in [6.07, 6.45) is 6.95. The average Bonchev–Trinajstić information content (AvgIpc) is 3.52. The van der Waals surface area contributed by atoms with Crippen molar-refractivity contribution in [1.29, 1.82) is 21.0 Å². The Morgan fingerprint density at radius 1 is 0.711 bits per heavy atom. The maximum atomic E-state index is 8.97. The molecule has 2 aromatic rings. The van der Waals surface area contributed by atoms with Crippen LogP contribution in [0.25, 0.3) is 22.0 Å². The maximum absolute atomic E-state index is 8.97. The Morgan fingerprint density at radius 2 is 1.13 bits per heavy atom. The second-order valence-corrected chi connectivity index (χ2v) is 9.24. The third-order valence-corrected chi connectivity index (χ3v) is 6.60. The highest BCUT2D eigenvalue weighted by molar-refractivity contribution is 8.16. The highest BCUT2D eigenvalue weighted by Gasteiger charge is 2.31. The van der Waals surface area contributed by atoms with E-state index in [1.54, 1.807) is 26.0 Å². The van der Waals surface area contributed by atoms with Crippen molar-refractivity contribution in [2.24, 2.45) is 0 Å². The molecule has 0 spiro atoms. The Morgan fingerprint density at radius 3 is 1.53 bits per heavy atom. The molecule has 0 unspecified atom stereocenters. The van der Waals surface area contributed by atoms with E-state index >= 15 is 0 Å². The Bertz CT molecular complexity index is 1480. The van der Waals surface area contributed by atoms with Crippen LogP contribution in [0.4, 0.5) is 0 Å². The van der Waals surface area contributed by atoms with Crippen LogP contribution in [-0.4, -0.2) is 13.2 Å². The van der Waals surface area contributed by atoms with Crippen LogP contribution in [0.5, 0.6) is 0 Å². The summed E-state index contributed by atoms with van der Waals surface area (Å²) in [7, 11) is 0. The predicted molar refractivity (Wildman–Crippen MR) is 141 cm³/mol. The van der Waals surface area contributed by atoms with Crippen molar-refractivity contribution in [2.45, 2.75) is 20.3 Å². The lowest BCUT2D eigenvalue weighted by Crippen LogP contribution is -2.01. The molecule has 0 aliphatic carbocycles. The third kappa shape index (κ3) is 6.00. The molecule has 186 valence electrons. The Labute approximate surface area is 224 Å². The molecular weight excluding hydrogens is 500 g/mol. The first-order chi connectivity index (χ1) is 18.4. The first-order valence-corrected chi connectivity index (χ1v) is 12.3. The van der Waals surface area contributed by atoms with Gasteiger partial charge in [-0.25, -0.2) is 0 Å². The minimum absolute atomic E-state index is 0.0157. The molecule has 0 aromatic carbocycles. The van der Waals surface area contributed by atoms with E-state index < -0.39 is 0 Å². The fraction of sp³-hybridized carbons (Fsp3) is 0.172. The van der Waals surface area contributed by atoms with Gasteiger partial charge in [0.2, 0.25) is 0 Å². The lowest BCUT2D eigenvalue weighted by molar-refractivity contribution is 0.151. The summed E-state index contributed by atoms with van der Waals surface area (Å²) in [5.74, 6) is 3.86. The fourth-order valence-electron chi connectivity index (χ4n) is 3.73. The van der Waals surface area contributed by atoms with Crippen molar-refractivity contribution in [3.63, 3.8) is 0 Å². The van der Waals surface area contributed by atoms with Gasteiger partial charge in [-0.05, 0) is 73.6 Å². The van der Waals surface area contributed by atoms with E-state index in [0.29, 0.717) is 53.8 Å². The third-order valence-electron chi connectivity index (χ3n) is 5.33. The van der Waals surface area contributed by atoms with Gasteiger partial charge < -0.3 is 18.3 Å². The minimum Gasteiger partial charge on any atom is -0.493 e. The molecule has 4 rings (SSSR count). The smallest absolute Gasteiger partial charge is 0.144 e. The highest BCUT2D eigenvalue weighted by atomic mass is 32.2. The van der Waals surface area contributed by atoms with Gasteiger partial charge in [0.25, 0.3) is 0 Å². The van der Waals surface area contributed by atoms with Crippen molar-refractivity contribution < 1.29 is 18.3 Å². The van der Waals surface area contributed by atoms with Gasteiger partial charge in [0, 0.05) is 0 Å². The second kappa shape index (κ2) is 11.8. The standard InChI is InChI=1S/C29H20N4O4S/c1-18(9-20(14-30)15-31)11-22-3-5-24(36-22)28-26-13-27(35-8-7-34-26)29(38-28)25-6-4-23(37-25)12-19(2)10-21(16-32)17-33/h3-6,9-12H,7-8,13H2,1-2H3/b18-11+,19-12+. The first kappa shape index (κ1) is 26.0. The number of ether oxygens (including phenoxy) is 2. The summed E-state index contributed by atoms with van der Waals surface area (Å²) in [6, 6.07) is 14.7. The van der Waals surface area contributed by atoms with Crippen LogP contribution in [0.1, 0.15) is 43.3 Å². The number of hydrogen-bond donors (Lipinski definition) is 0. The highest BCUT2D eigenvalue weighted by Crippen LogP contribution is 2.50. The van der Waals surface area contributed by atoms with Gasteiger partial charge in [0.05, 0.1) is 16.2 Å². The number of hydrogen-bond acceptors (Lipinski definition) is 9. The molecule has 8 nitrogen and oxygen atoms in total. The first-order valence-electron chi connectivity index (χ1n) is 11.4.